The molecular weight excluding hydrogens is 260 g/mol. The summed E-state index contributed by atoms with van der Waals surface area (Å²) >= 11 is 0. The third kappa shape index (κ3) is 6.19. The SMILES string of the molecule is CNC(=O)COc1cccc(NC(=O)CCCCO)c1. The van der Waals surface area contributed by atoms with Gasteiger partial charge in [0.05, 0.1) is 0 Å². The molecule has 110 valence electrons. The fraction of sp³-hybridized carbons (Fsp3) is 0.429. The molecule has 6 nitrogen and oxygen atoms in total. The Bertz CT molecular complexity index is 449. The van der Waals surface area contributed by atoms with Gasteiger partial charge in [0.2, 0.25) is 5.91 Å². The molecule has 0 aromatic heterocycles. The van der Waals surface area contributed by atoms with E-state index < -0.39 is 0 Å². The molecule has 0 saturated heterocycles. The zero-order chi connectivity index (χ0) is 14.8. The predicted molar refractivity (Wildman–Crippen MR) is 75.6 cm³/mol. The minimum Gasteiger partial charge on any atom is -0.484 e. The van der Waals surface area contributed by atoms with Crippen molar-refractivity contribution in [2.45, 2.75) is 19.3 Å². The zero-order valence-electron chi connectivity index (χ0n) is 11.5. The van der Waals surface area contributed by atoms with E-state index in [9.17, 15) is 9.59 Å². The standard InChI is InChI=1S/C14H20N2O4/c1-15-14(19)10-20-12-6-4-5-11(9-12)16-13(18)7-2-3-8-17/h4-6,9,17H,2-3,7-8,10H2,1H3,(H,15,19)(H,16,18). The molecule has 0 aliphatic rings. The molecule has 1 rings (SSSR count). The molecule has 6 heteroatoms. The van der Waals surface area contributed by atoms with Crippen LogP contribution in [0, 0.1) is 0 Å². The van der Waals surface area contributed by atoms with Gasteiger partial charge >= 0.3 is 0 Å². The monoisotopic (exact) mass is 280 g/mol. The lowest BCUT2D eigenvalue weighted by Gasteiger charge is -2.08. The minimum atomic E-state index is -0.219. The van der Waals surface area contributed by atoms with Gasteiger partial charge < -0.3 is 20.5 Å². The van der Waals surface area contributed by atoms with E-state index >= 15 is 0 Å². The molecular formula is C14H20N2O4. The summed E-state index contributed by atoms with van der Waals surface area (Å²) in [6.45, 7) is 0.0283. The molecule has 2 amide bonds. The van der Waals surface area contributed by atoms with Gasteiger partial charge in [-0.2, -0.15) is 0 Å². The first-order valence-corrected chi connectivity index (χ1v) is 6.50. The first-order chi connectivity index (χ1) is 9.65. The lowest BCUT2D eigenvalue weighted by molar-refractivity contribution is -0.122. The Labute approximate surface area is 118 Å². The second-order valence-corrected chi connectivity index (χ2v) is 4.22. The summed E-state index contributed by atoms with van der Waals surface area (Å²) in [6, 6.07) is 6.86. The summed E-state index contributed by atoms with van der Waals surface area (Å²) in [5, 5.41) is 13.8. The van der Waals surface area contributed by atoms with Crippen LogP contribution in [-0.4, -0.2) is 37.2 Å². The number of carbonyl (C=O) groups is 2. The van der Waals surface area contributed by atoms with E-state index in [1.54, 1.807) is 24.3 Å². The van der Waals surface area contributed by atoms with Crippen LogP contribution in [0.15, 0.2) is 24.3 Å². The van der Waals surface area contributed by atoms with Gasteiger partial charge in [-0.3, -0.25) is 9.59 Å². The number of rotatable bonds is 8. The second kappa shape index (κ2) is 8.92. The van der Waals surface area contributed by atoms with Crippen molar-refractivity contribution in [2.24, 2.45) is 0 Å². The number of aliphatic hydroxyl groups is 1. The summed E-state index contributed by atoms with van der Waals surface area (Å²) < 4.78 is 5.28. The summed E-state index contributed by atoms with van der Waals surface area (Å²) in [5.74, 6) is 0.187. The summed E-state index contributed by atoms with van der Waals surface area (Å²) in [6.07, 6.45) is 1.63. The number of unbranched alkanes of at least 4 members (excludes halogenated alkanes) is 1. The molecule has 0 unspecified atom stereocenters. The second-order valence-electron chi connectivity index (χ2n) is 4.22. The molecule has 0 bridgehead atoms. The van der Waals surface area contributed by atoms with Crippen LogP contribution in [0.5, 0.6) is 5.75 Å². The molecule has 0 heterocycles. The largest absolute Gasteiger partial charge is 0.484 e. The number of ether oxygens (including phenoxy) is 1. The lowest BCUT2D eigenvalue weighted by Crippen LogP contribution is -2.24. The molecule has 20 heavy (non-hydrogen) atoms. The molecule has 0 fully saturated rings. The molecule has 0 atom stereocenters. The Morgan fingerprint density at radius 1 is 1.25 bits per heavy atom. The van der Waals surface area contributed by atoms with E-state index in [1.165, 1.54) is 7.05 Å². The van der Waals surface area contributed by atoms with Crippen molar-refractivity contribution >= 4 is 17.5 Å². The summed E-state index contributed by atoms with van der Waals surface area (Å²) in [5.41, 5.74) is 0.619. The minimum absolute atomic E-state index is 0.0651. The molecule has 0 spiro atoms. The number of aliphatic hydroxyl groups excluding tert-OH is 1. The van der Waals surface area contributed by atoms with Crippen LogP contribution in [0.4, 0.5) is 5.69 Å². The highest BCUT2D eigenvalue weighted by molar-refractivity contribution is 5.90. The van der Waals surface area contributed by atoms with Crippen molar-refractivity contribution in [3.8, 4) is 5.75 Å². The molecule has 1 aromatic carbocycles. The quantitative estimate of drug-likeness (QED) is 0.618. The number of likely N-dealkylation sites (N-methyl/N-ethyl adjacent to an activating group) is 1. The highest BCUT2D eigenvalue weighted by Gasteiger charge is 2.04. The van der Waals surface area contributed by atoms with Gasteiger partial charge in [-0.25, -0.2) is 0 Å². The number of anilines is 1. The highest BCUT2D eigenvalue weighted by Crippen LogP contribution is 2.17. The number of hydrogen-bond donors (Lipinski definition) is 3. The van der Waals surface area contributed by atoms with Crippen LogP contribution >= 0.6 is 0 Å². The van der Waals surface area contributed by atoms with Gasteiger partial charge in [-0.15, -0.1) is 0 Å². The Kier molecular flexibility index (Phi) is 7.13. The van der Waals surface area contributed by atoms with Gasteiger partial charge in [0, 0.05) is 31.8 Å². The Morgan fingerprint density at radius 2 is 2.05 bits per heavy atom. The predicted octanol–water partition coefficient (Wildman–Crippen LogP) is 0.912. The maximum absolute atomic E-state index is 11.6. The van der Waals surface area contributed by atoms with Crippen molar-refractivity contribution in [1.82, 2.24) is 5.32 Å². The van der Waals surface area contributed by atoms with Gasteiger partial charge in [-0.1, -0.05) is 6.07 Å². The van der Waals surface area contributed by atoms with Crippen molar-refractivity contribution in [3.63, 3.8) is 0 Å². The Balaban J connectivity index is 2.46. The van der Waals surface area contributed by atoms with Crippen LogP contribution in [0.3, 0.4) is 0 Å². The number of nitrogens with one attached hydrogen (secondary N) is 2. The van der Waals surface area contributed by atoms with Gasteiger partial charge in [0.1, 0.15) is 5.75 Å². The lowest BCUT2D eigenvalue weighted by atomic mass is 10.2. The first-order valence-electron chi connectivity index (χ1n) is 6.50. The van der Waals surface area contributed by atoms with Crippen LogP contribution in [0.2, 0.25) is 0 Å². The van der Waals surface area contributed by atoms with E-state index in [0.29, 0.717) is 30.7 Å². The van der Waals surface area contributed by atoms with Crippen LogP contribution in [-0.2, 0) is 9.59 Å². The normalized spacial score (nSPS) is 9.90. The maximum atomic E-state index is 11.6. The zero-order valence-corrected chi connectivity index (χ0v) is 11.5. The summed E-state index contributed by atoms with van der Waals surface area (Å²) in [4.78, 5) is 22.7. The summed E-state index contributed by atoms with van der Waals surface area (Å²) in [7, 11) is 1.54. The van der Waals surface area contributed by atoms with Crippen LogP contribution in [0.1, 0.15) is 19.3 Å². The van der Waals surface area contributed by atoms with Crippen molar-refractivity contribution in [2.75, 3.05) is 25.6 Å². The maximum Gasteiger partial charge on any atom is 0.257 e. The number of amides is 2. The number of hydrogen-bond acceptors (Lipinski definition) is 4. The number of carbonyl (C=O) groups excluding carboxylic acids is 2. The molecule has 1 aromatic rings. The first kappa shape index (κ1) is 16.0. The molecule has 0 saturated carbocycles. The average molecular weight is 280 g/mol. The average Bonchev–Trinajstić information content (AvgIpc) is 2.45. The van der Waals surface area contributed by atoms with E-state index in [0.717, 1.165) is 0 Å². The molecule has 0 aliphatic heterocycles. The fourth-order valence-corrected chi connectivity index (χ4v) is 1.51. The third-order valence-electron chi connectivity index (χ3n) is 2.58. The molecule has 3 N–H and O–H groups in total. The van der Waals surface area contributed by atoms with Gasteiger partial charge in [0.25, 0.3) is 5.91 Å². The topological polar surface area (TPSA) is 87.7 Å². The van der Waals surface area contributed by atoms with Crippen LogP contribution < -0.4 is 15.4 Å². The van der Waals surface area contributed by atoms with E-state index in [4.69, 9.17) is 9.84 Å². The highest BCUT2D eigenvalue weighted by atomic mass is 16.5. The fourth-order valence-electron chi connectivity index (χ4n) is 1.51. The van der Waals surface area contributed by atoms with E-state index in [-0.39, 0.29) is 25.0 Å². The smallest absolute Gasteiger partial charge is 0.257 e. The third-order valence-corrected chi connectivity index (χ3v) is 2.58. The van der Waals surface area contributed by atoms with Crippen LogP contribution in [0.25, 0.3) is 0 Å². The van der Waals surface area contributed by atoms with E-state index in [2.05, 4.69) is 10.6 Å². The van der Waals surface area contributed by atoms with Crippen molar-refractivity contribution < 1.29 is 19.4 Å². The van der Waals surface area contributed by atoms with Gasteiger partial charge in [0.15, 0.2) is 6.61 Å². The Morgan fingerprint density at radius 3 is 2.75 bits per heavy atom. The van der Waals surface area contributed by atoms with Gasteiger partial charge in [-0.05, 0) is 25.0 Å². The molecule has 0 aliphatic carbocycles. The molecule has 0 radical (unpaired) electrons. The van der Waals surface area contributed by atoms with Crippen molar-refractivity contribution in [3.05, 3.63) is 24.3 Å². The van der Waals surface area contributed by atoms with Crippen molar-refractivity contribution in [1.29, 1.82) is 0 Å². The van der Waals surface area contributed by atoms with E-state index in [1.807, 2.05) is 0 Å². The number of benzene rings is 1. The Hall–Kier alpha value is -2.08.